The number of carboxylic acid groups (broad SMARTS) is 1. The number of benzene rings is 1. The van der Waals surface area contributed by atoms with Crippen LogP contribution in [0.15, 0.2) is 30.3 Å². The molecule has 3 rings (SSSR count). The van der Waals surface area contributed by atoms with E-state index < -0.39 is 5.97 Å². The van der Waals surface area contributed by atoms with Gasteiger partial charge in [-0.15, -0.1) is 0 Å². The smallest absolute Gasteiger partial charge is 0.303 e. The molecular weight excluding hydrogens is 266 g/mol. The van der Waals surface area contributed by atoms with Crippen LogP contribution in [0.3, 0.4) is 0 Å². The number of carbonyl (C=O) groups is 2. The SMILES string of the molecule is O=C(O)CC1CCCN(C(=O)C2CC2c2ccccc2)C1. The van der Waals surface area contributed by atoms with Crippen molar-refractivity contribution < 1.29 is 14.7 Å². The number of carbonyl (C=O) groups excluding carboxylic acids is 1. The largest absolute Gasteiger partial charge is 0.481 e. The lowest BCUT2D eigenvalue weighted by Gasteiger charge is -2.32. The lowest BCUT2D eigenvalue weighted by molar-refractivity contribution is -0.141. The van der Waals surface area contributed by atoms with Crippen molar-refractivity contribution in [1.29, 1.82) is 0 Å². The first kappa shape index (κ1) is 14.1. The first-order chi connectivity index (χ1) is 10.1. The summed E-state index contributed by atoms with van der Waals surface area (Å²) < 4.78 is 0. The van der Waals surface area contributed by atoms with E-state index in [2.05, 4.69) is 12.1 Å². The van der Waals surface area contributed by atoms with E-state index >= 15 is 0 Å². The van der Waals surface area contributed by atoms with Gasteiger partial charge in [0.2, 0.25) is 5.91 Å². The van der Waals surface area contributed by atoms with Gasteiger partial charge in [-0.3, -0.25) is 9.59 Å². The lowest BCUT2D eigenvalue weighted by Crippen LogP contribution is -2.41. The molecule has 1 aliphatic heterocycles. The zero-order valence-corrected chi connectivity index (χ0v) is 12.1. The van der Waals surface area contributed by atoms with E-state index in [0.717, 1.165) is 25.8 Å². The summed E-state index contributed by atoms with van der Waals surface area (Å²) in [7, 11) is 0. The number of amides is 1. The Morgan fingerprint density at radius 1 is 1.24 bits per heavy atom. The van der Waals surface area contributed by atoms with Gasteiger partial charge in [-0.05, 0) is 36.7 Å². The summed E-state index contributed by atoms with van der Waals surface area (Å²) in [6.45, 7) is 1.40. The maximum Gasteiger partial charge on any atom is 0.303 e. The van der Waals surface area contributed by atoms with E-state index in [9.17, 15) is 9.59 Å². The zero-order chi connectivity index (χ0) is 14.8. The van der Waals surface area contributed by atoms with E-state index in [4.69, 9.17) is 5.11 Å². The van der Waals surface area contributed by atoms with Crippen molar-refractivity contribution >= 4 is 11.9 Å². The maximum absolute atomic E-state index is 12.6. The van der Waals surface area contributed by atoms with Crippen molar-refractivity contribution in [3.8, 4) is 0 Å². The molecule has 0 radical (unpaired) electrons. The summed E-state index contributed by atoms with van der Waals surface area (Å²) in [4.78, 5) is 25.3. The minimum absolute atomic E-state index is 0.107. The molecule has 1 saturated carbocycles. The van der Waals surface area contributed by atoms with Crippen LogP contribution in [-0.4, -0.2) is 35.0 Å². The van der Waals surface area contributed by atoms with Gasteiger partial charge in [-0.1, -0.05) is 30.3 Å². The molecule has 0 aromatic heterocycles. The topological polar surface area (TPSA) is 57.6 Å². The third kappa shape index (κ3) is 3.26. The molecule has 1 saturated heterocycles. The molecular formula is C17H21NO3. The van der Waals surface area contributed by atoms with E-state index in [1.807, 2.05) is 23.1 Å². The highest BCUT2D eigenvalue weighted by Gasteiger charge is 2.46. The molecule has 1 aromatic carbocycles. The van der Waals surface area contributed by atoms with Crippen LogP contribution in [0.5, 0.6) is 0 Å². The molecule has 1 heterocycles. The second kappa shape index (κ2) is 5.88. The third-order valence-electron chi connectivity index (χ3n) is 4.63. The van der Waals surface area contributed by atoms with Crippen molar-refractivity contribution in [2.45, 2.75) is 31.6 Å². The standard InChI is InChI=1S/C17H21NO3/c19-16(20)9-12-5-4-8-18(11-12)17(21)15-10-14(15)13-6-2-1-3-7-13/h1-3,6-7,12,14-15H,4-5,8-11H2,(H,19,20). The van der Waals surface area contributed by atoms with Gasteiger partial charge in [-0.25, -0.2) is 0 Å². The minimum atomic E-state index is -0.761. The summed E-state index contributed by atoms with van der Waals surface area (Å²) >= 11 is 0. The Kier molecular flexibility index (Phi) is 3.95. The Morgan fingerprint density at radius 3 is 2.71 bits per heavy atom. The van der Waals surface area contributed by atoms with E-state index in [1.165, 1.54) is 5.56 Å². The first-order valence-electron chi connectivity index (χ1n) is 7.70. The number of aliphatic carboxylic acids is 1. The molecule has 4 heteroatoms. The summed E-state index contributed by atoms with van der Waals surface area (Å²) in [5, 5.41) is 8.90. The third-order valence-corrected chi connectivity index (χ3v) is 4.63. The van der Waals surface area contributed by atoms with E-state index in [-0.39, 0.29) is 24.2 Å². The Labute approximate surface area is 124 Å². The fraction of sp³-hybridized carbons (Fsp3) is 0.529. The average Bonchev–Trinajstić information content (AvgIpc) is 3.27. The minimum Gasteiger partial charge on any atom is -0.481 e. The van der Waals surface area contributed by atoms with E-state index in [0.29, 0.717) is 12.5 Å². The van der Waals surface area contributed by atoms with Gasteiger partial charge < -0.3 is 10.0 Å². The second-order valence-corrected chi connectivity index (χ2v) is 6.25. The molecule has 1 N–H and O–H groups in total. The second-order valence-electron chi connectivity index (χ2n) is 6.25. The Balaban J connectivity index is 1.58. The predicted octanol–water partition coefficient (Wildman–Crippen LogP) is 2.50. The van der Waals surface area contributed by atoms with Crippen molar-refractivity contribution in [2.24, 2.45) is 11.8 Å². The maximum atomic E-state index is 12.6. The molecule has 2 aliphatic rings. The highest BCUT2D eigenvalue weighted by molar-refractivity contribution is 5.83. The number of likely N-dealkylation sites (tertiary alicyclic amines) is 1. The average molecular weight is 287 g/mol. The van der Waals surface area contributed by atoms with Gasteiger partial charge in [0.1, 0.15) is 0 Å². The van der Waals surface area contributed by atoms with Crippen LogP contribution in [0, 0.1) is 11.8 Å². The van der Waals surface area contributed by atoms with E-state index in [1.54, 1.807) is 0 Å². The van der Waals surface area contributed by atoms with Crippen LogP contribution in [0.1, 0.15) is 37.2 Å². The van der Waals surface area contributed by atoms with Gasteiger partial charge in [0.05, 0.1) is 0 Å². The molecule has 0 bridgehead atoms. The molecule has 1 aliphatic carbocycles. The van der Waals surface area contributed by atoms with Crippen molar-refractivity contribution in [2.75, 3.05) is 13.1 Å². The molecule has 1 aromatic rings. The number of hydrogen-bond acceptors (Lipinski definition) is 2. The number of nitrogens with zero attached hydrogens (tertiary/aromatic N) is 1. The monoisotopic (exact) mass is 287 g/mol. The van der Waals surface area contributed by atoms with Crippen LogP contribution in [-0.2, 0) is 9.59 Å². The lowest BCUT2D eigenvalue weighted by atomic mass is 9.94. The highest BCUT2D eigenvalue weighted by Crippen LogP contribution is 2.48. The Hall–Kier alpha value is -1.84. The van der Waals surface area contributed by atoms with Gasteiger partial charge in [-0.2, -0.15) is 0 Å². The molecule has 4 nitrogen and oxygen atoms in total. The highest BCUT2D eigenvalue weighted by atomic mass is 16.4. The predicted molar refractivity (Wildman–Crippen MR) is 78.8 cm³/mol. The van der Waals surface area contributed by atoms with Crippen molar-refractivity contribution in [1.82, 2.24) is 4.90 Å². The molecule has 1 amide bonds. The number of carboxylic acids is 1. The van der Waals surface area contributed by atoms with Crippen LogP contribution < -0.4 is 0 Å². The van der Waals surface area contributed by atoms with Gasteiger partial charge in [0.25, 0.3) is 0 Å². The van der Waals surface area contributed by atoms with Crippen molar-refractivity contribution in [3.05, 3.63) is 35.9 Å². The van der Waals surface area contributed by atoms with Gasteiger partial charge in [0.15, 0.2) is 0 Å². The number of hydrogen-bond donors (Lipinski definition) is 1. The molecule has 3 atom stereocenters. The summed E-state index contributed by atoms with van der Waals surface area (Å²) in [6, 6.07) is 10.2. The van der Waals surface area contributed by atoms with Crippen molar-refractivity contribution in [3.63, 3.8) is 0 Å². The zero-order valence-electron chi connectivity index (χ0n) is 12.1. The number of piperidine rings is 1. The van der Waals surface area contributed by atoms with Crippen LogP contribution in [0.25, 0.3) is 0 Å². The molecule has 3 unspecified atom stereocenters. The molecule has 21 heavy (non-hydrogen) atoms. The Morgan fingerprint density at radius 2 is 2.00 bits per heavy atom. The quantitative estimate of drug-likeness (QED) is 0.925. The molecule has 0 spiro atoms. The fourth-order valence-corrected chi connectivity index (χ4v) is 3.45. The molecule has 2 fully saturated rings. The summed E-state index contributed by atoms with van der Waals surface area (Å²) in [6.07, 6.45) is 2.95. The number of rotatable bonds is 4. The Bertz CT molecular complexity index is 528. The van der Waals surface area contributed by atoms with Gasteiger partial charge >= 0.3 is 5.97 Å². The normalized spacial score (nSPS) is 28.2. The summed E-state index contributed by atoms with van der Waals surface area (Å²) in [5.74, 6) is 0.0467. The van der Waals surface area contributed by atoms with Crippen LogP contribution >= 0.6 is 0 Å². The van der Waals surface area contributed by atoms with Crippen LogP contribution in [0.2, 0.25) is 0 Å². The van der Waals surface area contributed by atoms with Crippen LogP contribution in [0.4, 0.5) is 0 Å². The molecule has 112 valence electrons. The van der Waals surface area contributed by atoms with Gasteiger partial charge in [0, 0.05) is 25.4 Å². The summed E-state index contributed by atoms with van der Waals surface area (Å²) in [5.41, 5.74) is 1.25. The fourth-order valence-electron chi connectivity index (χ4n) is 3.45. The first-order valence-corrected chi connectivity index (χ1v) is 7.70.